The minimum Gasteiger partial charge on any atom is -0.481 e. The van der Waals surface area contributed by atoms with Gasteiger partial charge in [-0.1, -0.05) is 133 Å². The van der Waals surface area contributed by atoms with Gasteiger partial charge in [0.1, 0.15) is 11.5 Å². The number of rotatable bonds is 17. The van der Waals surface area contributed by atoms with Crippen LogP contribution < -0.4 is 26.7 Å². The number of alkyl halides is 6. The lowest BCUT2D eigenvalue weighted by molar-refractivity contribution is -0.140. The van der Waals surface area contributed by atoms with Crippen molar-refractivity contribution < 1.29 is 70.0 Å². The number of carboxylic acids is 2. The van der Waals surface area contributed by atoms with E-state index in [0.717, 1.165) is 57.6 Å². The van der Waals surface area contributed by atoms with E-state index in [1.165, 1.54) is 47.5 Å². The number of nitrogens with zero attached hydrogens (tertiary/aromatic N) is 3. The number of halogens is 6. The molecule has 0 aliphatic carbocycles. The number of carbonyl (C=O) groups is 5. The third-order valence-electron chi connectivity index (χ3n) is 16.0. The van der Waals surface area contributed by atoms with E-state index in [0.29, 0.717) is 66.9 Å². The SMILES string of the molecule is NC(=O)c1cccc2c1c1c(OCC(=O)O)cccc1n2Cc1ccccc1C(F)(F)F.NC(=O)c1cccc2c1c1c(OCC(=O)O)cccc1n2Cc1ccccc1Cc1ccccc1.NC(=O)c1cccc2c1c1ccccc1n2Cc1cccc(C(F)(F)F)c1. The molecule has 3 amide bonds. The summed E-state index contributed by atoms with van der Waals surface area (Å²) < 4.78 is 96.5. The molecule has 0 spiro atoms. The number of aliphatic carboxylic acids is 2. The summed E-state index contributed by atoms with van der Waals surface area (Å²) in [6, 6.07) is 62.3. The average Bonchev–Trinajstić information content (AvgIpc) is 1.60. The molecule has 10 aromatic carbocycles. The molecule has 94 heavy (non-hydrogen) atoms. The lowest BCUT2D eigenvalue weighted by Crippen LogP contribution is -2.12. The van der Waals surface area contributed by atoms with Gasteiger partial charge in [0.2, 0.25) is 17.7 Å². The van der Waals surface area contributed by atoms with Gasteiger partial charge in [0, 0.05) is 63.4 Å². The quantitative estimate of drug-likeness (QED) is 0.0544. The van der Waals surface area contributed by atoms with E-state index in [2.05, 4.69) is 28.8 Å². The van der Waals surface area contributed by atoms with Crippen molar-refractivity contribution in [3.05, 3.63) is 274 Å². The van der Waals surface area contributed by atoms with Crippen molar-refractivity contribution in [2.45, 2.75) is 38.4 Å². The Morgan fingerprint density at radius 1 is 0.372 bits per heavy atom. The Hall–Kier alpha value is -11.9. The number of hydrogen-bond acceptors (Lipinski definition) is 7. The lowest BCUT2D eigenvalue weighted by atomic mass is 9.99. The molecule has 13 rings (SSSR count). The molecule has 0 radical (unpaired) electrons. The third kappa shape index (κ3) is 13.2. The summed E-state index contributed by atoms with van der Waals surface area (Å²) in [7, 11) is 0. The molecule has 0 aliphatic rings. The molecule has 0 aliphatic heterocycles. The smallest absolute Gasteiger partial charge is 0.416 e. The van der Waals surface area contributed by atoms with Gasteiger partial charge in [-0.3, -0.25) is 14.4 Å². The Morgan fingerprint density at radius 2 is 0.766 bits per heavy atom. The van der Waals surface area contributed by atoms with Crippen LogP contribution in [0.3, 0.4) is 0 Å². The number of para-hydroxylation sites is 1. The summed E-state index contributed by atoms with van der Waals surface area (Å²) in [5.41, 5.74) is 24.6. The van der Waals surface area contributed by atoms with E-state index in [1.54, 1.807) is 59.2 Å². The number of nitrogens with two attached hydrogens (primary N) is 3. The van der Waals surface area contributed by atoms with Crippen molar-refractivity contribution in [3.8, 4) is 11.5 Å². The van der Waals surface area contributed by atoms with Crippen molar-refractivity contribution in [2.75, 3.05) is 13.2 Å². The van der Waals surface area contributed by atoms with Gasteiger partial charge in [-0.15, -0.1) is 0 Å². The number of ether oxygens (including phenoxy) is 2. The molecule has 0 fully saturated rings. The molecule has 3 aromatic heterocycles. The van der Waals surface area contributed by atoms with Crippen LogP contribution in [-0.2, 0) is 48.0 Å². The van der Waals surface area contributed by atoms with E-state index in [4.69, 9.17) is 36.9 Å². The van der Waals surface area contributed by atoms with Crippen LogP contribution in [0.1, 0.15) is 70.0 Å². The maximum absolute atomic E-state index is 13.6. The topological polar surface area (TPSA) is 237 Å². The highest BCUT2D eigenvalue weighted by Gasteiger charge is 2.34. The molecule has 0 saturated carbocycles. The molecule has 8 N–H and O–H groups in total. The van der Waals surface area contributed by atoms with Gasteiger partial charge in [0.05, 0.1) is 49.5 Å². The van der Waals surface area contributed by atoms with E-state index in [9.17, 15) is 50.3 Å². The van der Waals surface area contributed by atoms with Crippen LogP contribution in [0.5, 0.6) is 11.5 Å². The Morgan fingerprint density at radius 3 is 1.28 bits per heavy atom. The summed E-state index contributed by atoms with van der Waals surface area (Å²) >= 11 is 0. The normalized spacial score (nSPS) is 11.6. The van der Waals surface area contributed by atoms with Crippen LogP contribution in [-0.4, -0.2) is 66.8 Å². The molecular weight excluding hydrogens is 1220 g/mol. The number of carbonyl (C=O) groups excluding carboxylic acids is 3. The number of primary amides is 3. The second-order valence-electron chi connectivity index (χ2n) is 21.9. The fourth-order valence-electron chi connectivity index (χ4n) is 12.1. The molecule has 0 atom stereocenters. The van der Waals surface area contributed by atoms with Gasteiger partial charge in [-0.05, 0) is 119 Å². The molecule has 474 valence electrons. The maximum Gasteiger partial charge on any atom is 0.416 e. The molecule has 0 unspecified atom stereocenters. The minimum atomic E-state index is -4.54. The molecule has 21 heteroatoms. The van der Waals surface area contributed by atoms with Gasteiger partial charge >= 0.3 is 24.3 Å². The average molecular weight is 1280 g/mol. The third-order valence-corrected chi connectivity index (χ3v) is 16.0. The van der Waals surface area contributed by atoms with Gasteiger partial charge in [0.15, 0.2) is 13.2 Å². The Kier molecular flexibility index (Phi) is 18.0. The summed E-state index contributed by atoms with van der Waals surface area (Å²) in [6.07, 6.45) is -8.13. The van der Waals surface area contributed by atoms with Gasteiger partial charge in [-0.2, -0.15) is 26.3 Å². The first-order valence-electron chi connectivity index (χ1n) is 29.2. The van der Waals surface area contributed by atoms with Crippen molar-refractivity contribution in [1.82, 2.24) is 13.7 Å². The second-order valence-corrected chi connectivity index (χ2v) is 21.9. The van der Waals surface area contributed by atoms with Gasteiger partial charge in [0.25, 0.3) is 0 Å². The zero-order valence-corrected chi connectivity index (χ0v) is 49.6. The van der Waals surface area contributed by atoms with Crippen molar-refractivity contribution >= 4 is 95.1 Å². The Labute approximate surface area is 531 Å². The zero-order valence-electron chi connectivity index (χ0n) is 49.6. The predicted octanol–water partition coefficient (Wildman–Crippen LogP) is 14.4. The lowest BCUT2D eigenvalue weighted by Gasteiger charge is -2.15. The monoisotopic (exact) mass is 1270 g/mol. The van der Waals surface area contributed by atoms with Gasteiger partial charge < -0.3 is 50.6 Å². The minimum absolute atomic E-state index is 0.0418. The molecule has 15 nitrogen and oxygen atoms in total. The Bertz CT molecular complexity index is 5090. The summed E-state index contributed by atoms with van der Waals surface area (Å²) in [5.74, 6) is -3.49. The highest BCUT2D eigenvalue weighted by molar-refractivity contribution is 6.21. The number of amides is 3. The zero-order chi connectivity index (χ0) is 66.6. The highest BCUT2D eigenvalue weighted by Crippen LogP contribution is 2.42. The number of hydrogen-bond donors (Lipinski definition) is 5. The van der Waals surface area contributed by atoms with Crippen molar-refractivity contribution in [2.24, 2.45) is 17.2 Å². The van der Waals surface area contributed by atoms with Crippen LogP contribution >= 0.6 is 0 Å². The second kappa shape index (κ2) is 26.5. The number of fused-ring (bicyclic) bond motifs is 9. The van der Waals surface area contributed by atoms with Crippen LogP contribution in [0, 0.1) is 0 Å². The van der Waals surface area contributed by atoms with Crippen molar-refractivity contribution in [1.29, 1.82) is 0 Å². The molecule has 0 bridgehead atoms. The van der Waals surface area contributed by atoms with Crippen LogP contribution in [0.4, 0.5) is 26.3 Å². The highest BCUT2D eigenvalue weighted by atomic mass is 19.4. The van der Waals surface area contributed by atoms with Gasteiger partial charge in [-0.25, -0.2) is 9.59 Å². The van der Waals surface area contributed by atoms with E-state index in [1.807, 2.05) is 89.5 Å². The standard InChI is InChI=1S/C29H24N2O4.C23H17F3N2O4.C21H15F3N2O/c30-29(34)22-12-6-13-23-27(22)28-24(14-7-15-25(28)35-18-26(32)33)31(23)17-21-11-5-4-10-20(21)16-19-8-2-1-3-9-19;24-23(25,26)15-7-2-1-5-13(15)11-28-16-8-3-6-14(22(27)31)20(16)21-17(28)9-4-10-18(21)32-12-19(29)30;22-21(23,24)14-6-3-5-13(11-14)12-26-17-9-2-1-7-15(17)19-16(20(25)27)8-4-10-18(19)26/h1-15H,16-18H2,(H2,30,34)(H,32,33);1-10H,11-12H2,(H2,27,31)(H,29,30);1-11H,12H2,(H2,25,27). The van der Waals surface area contributed by atoms with E-state index >= 15 is 0 Å². The first-order chi connectivity index (χ1) is 45.1. The van der Waals surface area contributed by atoms with Crippen LogP contribution in [0.25, 0.3) is 65.4 Å². The fraction of sp³-hybridized carbons (Fsp3) is 0.110. The van der Waals surface area contributed by atoms with Crippen LogP contribution in [0.15, 0.2) is 218 Å². The maximum atomic E-state index is 13.6. The van der Waals surface area contributed by atoms with E-state index < -0.39 is 66.4 Å². The van der Waals surface area contributed by atoms with E-state index in [-0.39, 0.29) is 30.0 Å². The summed E-state index contributed by atoms with van der Waals surface area (Å²) in [4.78, 5) is 58.5. The number of aromatic nitrogens is 3. The number of benzene rings is 10. The molecule has 13 aromatic rings. The first-order valence-corrected chi connectivity index (χ1v) is 29.2. The molecular formula is C73H56F6N6O9. The predicted molar refractivity (Wildman–Crippen MR) is 346 cm³/mol. The molecule has 0 saturated heterocycles. The fourth-order valence-corrected chi connectivity index (χ4v) is 12.1. The largest absolute Gasteiger partial charge is 0.481 e. The molecule has 3 heterocycles. The summed E-state index contributed by atoms with van der Waals surface area (Å²) in [6.45, 7) is -0.435. The van der Waals surface area contributed by atoms with Crippen LogP contribution in [0.2, 0.25) is 0 Å². The summed E-state index contributed by atoms with van der Waals surface area (Å²) in [5, 5.41) is 21.8. The first kappa shape index (κ1) is 63.7. The Balaban J connectivity index is 0.000000145. The van der Waals surface area contributed by atoms with Crippen molar-refractivity contribution in [3.63, 3.8) is 0 Å². The number of carboxylic acid groups (broad SMARTS) is 2.